The third-order valence-corrected chi connectivity index (χ3v) is 4.57. The van der Waals surface area contributed by atoms with Crippen LogP contribution in [0.15, 0.2) is 60.9 Å². The number of benzene rings is 1. The van der Waals surface area contributed by atoms with Crippen LogP contribution in [-0.4, -0.2) is 36.8 Å². The summed E-state index contributed by atoms with van der Waals surface area (Å²) >= 11 is 0. The number of amides is 1. The first-order chi connectivity index (χ1) is 14.2. The molecule has 8 nitrogen and oxygen atoms in total. The highest BCUT2D eigenvalue weighted by molar-refractivity contribution is 5.92. The second-order valence-electron chi connectivity index (χ2n) is 6.68. The van der Waals surface area contributed by atoms with Gasteiger partial charge in [0.1, 0.15) is 17.3 Å². The first-order valence-electron chi connectivity index (χ1n) is 9.49. The molecule has 0 bridgehead atoms. The Kier molecular flexibility index (Phi) is 5.51. The first-order valence-corrected chi connectivity index (χ1v) is 9.49. The van der Waals surface area contributed by atoms with Gasteiger partial charge < -0.3 is 10.1 Å². The Morgan fingerprint density at radius 1 is 1.07 bits per heavy atom. The predicted molar refractivity (Wildman–Crippen MR) is 108 cm³/mol. The largest absolute Gasteiger partial charge is 0.471 e. The number of rotatable bonds is 8. The lowest BCUT2D eigenvalue weighted by molar-refractivity contribution is 0.0946. The second kappa shape index (κ2) is 8.55. The predicted octanol–water partition coefficient (Wildman–Crippen LogP) is 2.63. The maximum Gasteiger partial charge on any atom is 0.271 e. The van der Waals surface area contributed by atoms with Crippen LogP contribution in [0.1, 0.15) is 28.3 Å². The SMILES string of the molecule is Cc1ccccc1OCn1ccc(C(=O)NCCCc2nnc3ccccn23)n1. The Hall–Kier alpha value is -3.68. The van der Waals surface area contributed by atoms with E-state index in [1.807, 2.05) is 60.0 Å². The Balaban J connectivity index is 1.24. The Morgan fingerprint density at radius 2 is 1.93 bits per heavy atom. The van der Waals surface area contributed by atoms with Crippen LogP contribution in [0.2, 0.25) is 0 Å². The number of aromatic nitrogens is 5. The van der Waals surface area contributed by atoms with Gasteiger partial charge >= 0.3 is 0 Å². The Labute approximate surface area is 168 Å². The van der Waals surface area contributed by atoms with Crippen LogP contribution >= 0.6 is 0 Å². The van der Waals surface area contributed by atoms with Gasteiger partial charge in [-0.2, -0.15) is 5.10 Å². The average molecular weight is 390 g/mol. The molecular weight excluding hydrogens is 368 g/mol. The maximum atomic E-state index is 12.3. The highest BCUT2D eigenvalue weighted by Crippen LogP contribution is 2.16. The monoisotopic (exact) mass is 390 g/mol. The van der Waals surface area contributed by atoms with Crippen molar-refractivity contribution in [3.8, 4) is 5.75 Å². The van der Waals surface area contributed by atoms with Gasteiger partial charge in [-0.15, -0.1) is 10.2 Å². The van der Waals surface area contributed by atoms with Crippen LogP contribution < -0.4 is 10.1 Å². The van der Waals surface area contributed by atoms with Crippen LogP contribution in [0.3, 0.4) is 0 Å². The minimum Gasteiger partial charge on any atom is -0.471 e. The van der Waals surface area contributed by atoms with Crippen molar-refractivity contribution in [1.29, 1.82) is 0 Å². The smallest absolute Gasteiger partial charge is 0.271 e. The number of aryl methyl sites for hydroxylation is 2. The van der Waals surface area contributed by atoms with Gasteiger partial charge in [-0.05, 0) is 43.2 Å². The van der Waals surface area contributed by atoms with Gasteiger partial charge in [0.15, 0.2) is 12.4 Å². The van der Waals surface area contributed by atoms with Crippen LogP contribution in [0, 0.1) is 6.92 Å². The standard InChI is InChI=1S/C21H22N6O2/c1-16-7-2-3-8-18(16)29-15-26-14-11-17(25-26)21(28)22-12-6-10-20-24-23-19-9-4-5-13-27(19)20/h2-5,7-9,11,13-14H,6,10,12,15H2,1H3,(H,22,28). The number of hydrogen-bond donors (Lipinski definition) is 1. The minimum absolute atomic E-state index is 0.203. The van der Waals surface area contributed by atoms with Gasteiger partial charge in [0.2, 0.25) is 0 Å². The molecule has 0 aliphatic carbocycles. The van der Waals surface area contributed by atoms with Crippen molar-refractivity contribution in [2.75, 3.05) is 6.54 Å². The molecule has 8 heteroatoms. The van der Waals surface area contributed by atoms with Crippen LogP contribution in [-0.2, 0) is 13.2 Å². The second-order valence-corrected chi connectivity index (χ2v) is 6.68. The van der Waals surface area contributed by atoms with Crippen LogP contribution in [0.5, 0.6) is 5.75 Å². The number of para-hydroxylation sites is 1. The van der Waals surface area contributed by atoms with Crippen molar-refractivity contribution in [3.63, 3.8) is 0 Å². The molecule has 0 saturated carbocycles. The fraction of sp³-hybridized carbons (Fsp3) is 0.238. The summed E-state index contributed by atoms with van der Waals surface area (Å²) in [5.41, 5.74) is 2.24. The number of ether oxygens (including phenoxy) is 1. The molecule has 3 heterocycles. The summed E-state index contributed by atoms with van der Waals surface area (Å²) in [6, 6.07) is 15.3. The highest BCUT2D eigenvalue weighted by Gasteiger charge is 2.10. The molecule has 1 N–H and O–H groups in total. The Morgan fingerprint density at radius 3 is 2.83 bits per heavy atom. The third-order valence-electron chi connectivity index (χ3n) is 4.57. The molecule has 3 aromatic heterocycles. The Bertz CT molecular complexity index is 1120. The van der Waals surface area contributed by atoms with E-state index in [1.54, 1.807) is 16.9 Å². The molecule has 4 rings (SSSR count). The lowest BCUT2D eigenvalue weighted by atomic mass is 10.2. The number of carbonyl (C=O) groups is 1. The molecule has 0 fully saturated rings. The molecule has 1 amide bonds. The summed E-state index contributed by atoms with van der Waals surface area (Å²) in [4.78, 5) is 12.3. The molecule has 0 aliphatic rings. The van der Waals surface area contributed by atoms with Gasteiger partial charge in [-0.3, -0.25) is 9.20 Å². The van der Waals surface area contributed by atoms with Crippen molar-refractivity contribution in [1.82, 2.24) is 29.7 Å². The van der Waals surface area contributed by atoms with E-state index in [4.69, 9.17) is 4.74 Å². The van der Waals surface area contributed by atoms with Crippen LogP contribution in [0.4, 0.5) is 0 Å². The van der Waals surface area contributed by atoms with E-state index in [2.05, 4.69) is 20.6 Å². The topological polar surface area (TPSA) is 86.3 Å². The lowest BCUT2D eigenvalue weighted by Gasteiger charge is -2.08. The normalized spacial score (nSPS) is 10.9. The van der Waals surface area contributed by atoms with E-state index < -0.39 is 0 Å². The zero-order chi connectivity index (χ0) is 20.1. The summed E-state index contributed by atoms with van der Waals surface area (Å²) in [6.45, 7) is 2.77. The molecule has 0 aliphatic heterocycles. The fourth-order valence-electron chi connectivity index (χ4n) is 3.01. The van der Waals surface area contributed by atoms with E-state index in [-0.39, 0.29) is 12.6 Å². The van der Waals surface area contributed by atoms with Gasteiger partial charge in [-0.1, -0.05) is 24.3 Å². The van der Waals surface area contributed by atoms with Gasteiger partial charge in [0.05, 0.1) is 0 Å². The summed E-state index contributed by atoms with van der Waals surface area (Å²) in [7, 11) is 0. The van der Waals surface area contributed by atoms with E-state index in [1.165, 1.54) is 0 Å². The van der Waals surface area contributed by atoms with E-state index in [0.29, 0.717) is 12.2 Å². The number of pyridine rings is 1. The molecule has 0 unspecified atom stereocenters. The van der Waals surface area contributed by atoms with Gasteiger partial charge in [-0.25, -0.2) is 4.68 Å². The molecule has 29 heavy (non-hydrogen) atoms. The molecule has 0 saturated heterocycles. The molecule has 0 spiro atoms. The maximum absolute atomic E-state index is 12.3. The first kappa shape index (κ1) is 18.7. The van der Waals surface area contributed by atoms with Crippen molar-refractivity contribution >= 4 is 11.6 Å². The van der Waals surface area contributed by atoms with E-state index in [0.717, 1.165) is 35.6 Å². The minimum atomic E-state index is -0.203. The number of fused-ring (bicyclic) bond motifs is 1. The number of nitrogens with one attached hydrogen (secondary N) is 1. The van der Waals surface area contributed by atoms with Gasteiger partial charge in [0, 0.05) is 25.4 Å². The molecule has 1 aromatic carbocycles. The summed E-state index contributed by atoms with van der Waals surface area (Å²) in [5.74, 6) is 1.48. The third kappa shape index (κ3) is 4.43. The molecule has 148 valence electrons. The average Bonchev–Trinajstić information content (AvgIpc) is 3.38. The quantitative estimate of drug-likeness (QED) is 0.468. The number of carbonyl (C=O) groups excluding carboxylic acids is 1. The highest BCUT2D eigenvalue weighted by atomic mass is 16.5. The van der Waals surface area contributed by atoms with Crippen LogP contribution in [0.25, 0.3) is 5.65 Å². The van der Waals surface area contributed by atoms with Crippen molar-refractivity contribution in [3.05, 3.63) is 78.0 Å². The summed E-state index contributed by atoms with van der Waals surface area (Å²) < 4.78 is 9.30. The molecule has 0 atom stereocenters. The summed E-state index contributed by atoms with van der Waals surface area (Å²) in [6.07, 6.45) is 5.16. The zero-order valence-corrected chi connectivity index (χ0v) is 16.2. The summed E-state index contributed by atoms with van der Waals surface area (Å²) in [5, 5.41) is 15.5. The number of nitrogens with zero attached hydrogens (tertiary/aromatic N) is 5. The van der Waals surface area contributed by atoms with Gasteiger partial charge in [0.25, 0.3) is 5.91 Å². The fourth-order valence-corrected chi connectivity index (χ4v) is 3.01. The molecule has 4 aromatic rings. The molecular formula is C21H22N6O2. The zero-order valence-electron chi connectivity index (χ0n) is 16.2. The lowest BCUT2D eigenvalue weighted by Crippen LogP contribution is -2.25. The van der Waals surface area contributed by atoms with Crippen molar-refractivity contribution < 1.29 is 9.53 Å². The van der Waals surface area contributed by atoms with E-state index >= 15 is 0 Å². The number of hydrogen-bond acceptors (Lipinski definition) is 5. The van der Waals surface area contributed by atoms with Crippen molar-refractivity contribution in [2.45, 2.75) is 26.5 Å². The molecule has 0 radical (unpaired) electrons. The van der Waals surface area contributed by atoms with E-state index in [9.17, 15) is 4.79 Å². The van der Waals surface area contributed by atoms with Crippen molar-refractivity contribution in [2.24, 2.45) is 0 Å².